The normalized spacial score (nSPS) is 11.9. The van der Waals surface area contributed by atoms with Gasteiger partial charge in [0.2, 0.25) is 5.95 Å². The van der Waals surface area contributed by atoms with Crippen LogP contribution in [0.2, 0.25) is 0 Å². The summed E-state index contributed by atoms with van der Waals surface area (Å²) in [5.74, 6) is 0.609. The average molecular weight is 790 g/mol. The molecule has 62 heavy (non-hydrogen) atoms. The third-order valence-corrected chi connectivity index (χ3v) is 12.6. The monoisotopic (exact) mass is 789 g/mol. The standard InChI is InChI=1S/C58H35N3O/c1-4-16-36(17-5-1)41-28-29-51-48(30-41)55-44-25-13-12-24-43(44)46(37-18-6-2-7-19-37)35-52(55)61(51)58-59-50-27-15-14-26-45(50)57(60-58)42-32-47(38-20-8-3-9-21-38)56-49-31-39-22-10-11-23-40(39)33-53(49)62-54(56)34-42/h1-35H. The van der Waals surface area contributed by atoms with Crippen molar-refractivity contribution in [3.8, 4) is 50.6 Å². The van der Waals surface area contributed by atoms with Gasteiger partial charge in [0, 0.05) is 32.5 Å². The molecule has 0 aliphatic heterocycles. The predicted molar refractivity (Wildman–Crippen MR) is 258 cm³/mol. The number of fused-ring (bicyclic) bond motifs is 10. The lowest BCUT2D eigenvalue weighted by atomic mass is 9.94. The molecule has 0 fully saturated rings. The number of nitrogens with zero attached hydrogens (tertiary/aromatic N) is 3. The van der Waals surface area contributed by atoms with Crippen molar-refractivity contribution in [2.24, 2.45) is 0 Å². The summed E-state index contributed by atoms with van der Waals surface area (Å²) < 4.78 is 9.09. The highest BCUT2D eigenvalue weighted by molar-refractivity contribution is 6.25. The summed E-state index contributed by atoms with van der Waals surface area (Å²) in [4.78, 5) is 11.0. The molecular weight excluding hydrogens is 755 g/mol. The minimum atomic E-state index is 0.609. The van der Waals surface area contributed by atoms with E-state index in [1.807, 2.05) is 0 Å². The van der Waals surface area contributed by atoms with Crippen LogP contribution in [0.3, 0.4) is 0 Å². The largest absolute Gasteiger partial charge is 0.456 e. The molecule has 4 nitrogen and oxygen atoms in total. The van der Waals surface area contributed by atoms with Gasteiger partial charge in [0.25, 0.3) is 0 Å². The van der Waals surface area contributed by atoms with Gasteiger partial charge in [-0.25, -0.2) is 9.97 Å². The van der Waals surface area contributed by atoms with Crippen LogP contribution in [-0.2, 0) is 0 Å². The molecule has 0 radical (unpaired) electrons. The number of benzene rings is 10. The highest BCUT2D eigenvalue weighted by Gasteiger charge is 2.23. The topological polar surface area (TPSA) is 43.9 Å². The van der Waals surface area contributed by atoms with Crippen LogP contribution in [0.25, 0.3) is 127 Å². The maximum Gasteiger partial charge on any atom is 0.235 e. The highest BCUT2D eigenvalue weighted by atomic mass is 16.3. The smallest absolute Gasteiger partial charge is 0.235 e. The molecule has 0 N–H and O–H groups in total. The Morgan fingerprint density at radius 2 is 0.968 bits per heavy atom. The third kappa shape index (κ3) is 5.33. The van der Waals surface area contributed by atoms with Crippen LogP contribution in [0.5, 0.6) is 0 Å². The fourth-order valence-corrected chi connectivity index (χ4v) is 9.72. The van der Waals surface area contributed by atoms with Crippen molar-refractivity contribution in [1.29, 1.82) is 0 Å². The van der Waals surface area contributed by atoms with E-state index in [4.69, 9.17) is 14.4 Å². The molecule has 0 aliphatic carbocycles. The van der Waals surface area contributed by atoms with Crippen LogP contribution in [0.1, 0.15) is 0 Å². The Balaban J connectivity index is 1.13. The first-order valence-corrected chi connectivity index (χ1v) is 21.1. The van der Waals surface area contributed by atoms with Crippen molar-refractivity contribution >= 4 is 76.2 Å². The molecule has 288 valence electrons. The minimum absolute atomic E-state index is 0.609. The van der Waals surface area contributed by atoms with Gasteiger partial charge in [0.05, 0.1) is 22.2 Å². The van der Waals surface area contributed by atoms with Gasteiger partial charge in [-0.1, -0.05) is 164 Å². The first kappa shape index (κ1) is 34.5. The van der Waals surface area contributed by atoms with E-state index in [-0.39, 0.29) is 0 Å². The van der Waals surface area contributed by atoms with Crippen molar-refractivity contribution in [2.75, 3.05) is 0 Å². The Bertz CT molecular complexity index is 3900. The summed E-state index contributed by atoms with van der Waals surface area (Å²) in [6, 6.07) is 75.6. The molecule has 0 aliphatic rings. The molecule has 0 unspecified atom stereocenters. The average Bonchev–Trinajstić information content (AvgIpc) is 3.87. The number of hydrogen-bond donors (Lipinski definition) is 0. The fourth-order valence-electron chi connectivity index (χ4n) is 9.72. The van der Waals surface area contributed by atoms with E-state index in [9.17, 15) is 0 Å². The zero-order chi connectivity index (χ0) is 40.7. The molecular formula is C58H35N3O. The van der Waals surface area contributed by atoms with Gasteiger partial charge in [0.15, 0.2) is 0 Å². The van der Waals surface area contributed by atoms with Gasteiger partial charge in [-0.05, 0) is 103 Å². The van der Waals surface area contributed by atoms with Crippen LogP contribution in [0.15, 0.2) is 217 Å². The molecule has 0 amide bonds. The van der Waals surface area contributed by atoms with Crippen LogP contribution in [0, 0.1) is 0 Å². The minimum Gasteiger partial charge on any atom is -0.456 e. The van der Waals surface area contributed by atoms with Crippen molar-refractivity contribution in [2.45, 2.75) is 0 Å². The van der Waals surface area contributed by atoms with Gasteiger partial charge in [0.1, 0.15) is 11.2 Å². The van der Waals surface area contributed by atoms with Gasteiger partial charge in [-0.3, -0.25) is 4.57 Å². The predicted octanol–water partition coefficient (Wildman–Crippen LogP) is 15.6. The second kappa shape index (κ2) is 13.6. The van der Waals surface area contributed by atoms with E-state index in [0.717, 1.165) is 93.7 Å². The maximum absolute atomic E-state index is 6.81. The summed E-state index contributed by atoms with van der Waals surface area (Å²) in [5.41, 5.74) is 13.3. The summed E-state index contributed by atoms with van der Waals surface area (Å²) in [7, 11) is 0. The number of aromatic nitrogens is 3. The number of furan rings is 1. The molecule has 0 atom stereocenters. The number of rotatable bonds is 5. The van der Waals surface area contributed by atoms with Gasteiger partial charge < -0.3 is 4.42 Å². The van der Waals surface area contributed by atoms with Crippen molar-refractivity contribution in [1.82, 2.24) is 14.5 Å². The van der Waals surface area contributed by atoms with Gasteiger partial charge in [-0.2, -0.15) is 0 Å². The zero-order valence-electron chi connectivity index (χ0n) is 33.5. The summed E-state index contributed by atoms with van der Waals surface area (Å²) in [5, 5.41) is 10.2. The Morgan fingerprint density at radius 1 is 0.339 bits per heavy atom. The lowest BCUT2D eigenvalue weighted by Crippen LogP contribution is -2.03. The van der Waals surface area contributed by atoms with Crippen LogP contribution >= 0.6 is 0 Å². The first-order chi connectivity index (χ1) is 30.7. The molecule has 13 rings (SSSR count). The van der Waals surface area contributed by atoms with Crippen molar-refractivity contribution in [3.63, 3.8) is 0 Å². The van der Waals surface area contributed by atoms with E-state index < -0.39 is 0 Å². The molecule has 0 bridgehead atoms. The lowest BCUT2D eigenvalue weighted by molar-refractivity contribution is 0.669. The molecule has 4 heteroatoms. The first-order valence-electron chi connectivity index (χ1n) is 21.1. The summed E-state index contributed by atoms with van der Waals surface area (Å²) in [6.45, 7) is 0. The van der Waals surface area contributed by atoms with Crippen LogP contribution < -0.4 is 0 Å². The van der Waals surface area contributed by atoms with Gasteiger partial charge in [-0.15, -0.1) is 0 Å². The van der Waals surface area contributed by atoms with E-state index in [0.29, 0.717) is 5.95 Å². The Morgan fingerprint density at radius 3 is 1.73 bits per heavy atom. The SMILES string of the molecule is c1ccc(-c2ccc3c(c2)c2c4ccccc4c(-c4ccccc4)cc2n3-c2nc(-c3cc(-c4ccccc4)c4c(c3)oc3cc5ccccc5cc34)c3ccccc3n2)cc1. The van der Waals surface area contributed by atoms with E-state index in [1.54, 1.807) is 0 Å². The molecule has 0 saturated carbocycles. The van der Waals surface area contributed by atoms with Gasteiger partial charge >= 0.3 is 0 Å². The lowest BCUT2D eigenvalue weighted by Gasteiger charge is -2.14. The van der Waals surface area contributed by atoms with Crippen molar-refractivity contribution in [3.05, 3.63) is 212 Å². The molecule has 13 aromatic rings. The van der Waals surface area contributed by atoms with E-state index >= 15 is 0 Å². The Kier molecular flexibility index (Phi) is 7.57. The summed E-state index contributed by atoms with van der Waals surface area (Å²) >= 11 is 0. The molecule has 3 aromatic heterocycles. The van der Waals surface area contributed by atoms with E-state index in [2.05, 4.69) is 217 Å². The Labute approximate surface area is 356 Å². The van der Waals surface area contributed by atoms with E-state index in [1.165, 1.54) is 27.1 Å². The summed E-state index contributed by atoms with van der Waals surface area (Å²) in [6.07, 6.45) is 0. The molecule has 3 heterocycles. The van der Waals surface area contributed by atoms with Crippen LogP contribution in [0.4, 0.5) is 0 Å². The quantitative estimate of drug-likeness (QED) is 0.174. The van der Waals surface area contributed by atoms with Crippen molar-refractivity contribution < 1.29 is 4.42 Å². The highest BCUT2D eigenvalue weighted by Crippen LogP contribution is 2.45. The fraction of sp³-hybridized carbons (Fsp3) is 0. The third-order valence-electron chi connectivity index (χ3n) is 12.6. The second-order valence-corrected chi connectivity index (χ2v) is 16.1. The second-order valence-electron chi connectivity index (χ2n) is 16.1. The maximum atomic E-state index is 6.81. The van der Waals surface area contributed by atoms with Crippen LogP contribution in [-0.4, -0.2) is 14.5 Å². The molecule has 0 saturated heterocycles. The number of para-hydroxylation sites is 1. The molecule has 10 aromatic carbocycles. The Hall–Kier alpha value is -8.34. The zero-order valence-corrected chi connectivity index (χ0v) is 33.5. The molecule has 0 spiro atoms. The number of hydrogen-bond acceptors (Lipinski definition) is 3.